The van der Waals surface area contributed by atoms with E-state index in [2.05, 4.69) is 21.8 Å². The highest BCUT2D eigenvalue weighted by atomic mass is 16.6. The maximum atomic E-state index is 13.9. The van der Waals surface area contributed by atoms with E-state index in [0.29, 0.717) is 39.4 Å². The number of ether oxygens (including phenoxy) is 2. The summed E-state index contributed by atoms with van der Waals surface area (Å²) in [4.78, 5) is 75.7. The summed E-state index contributed by atoms with van der Waals surface area (Å²) < 4.78 is 10.3. The Morgan fingerprint density at radius 1 is 0.732 bits per heavy atom. The minimum absolute atomic E-state index is 0.0507. The molecule has 0 radical (unpaired) electrons. The smallest absolute Gasteiger partial charge is 0.410 e. The molecule has 292 valence electrons. The number of H-pyrrole nitrogens is 2. The van der Waals surface area contributed by atoms with Gasteiger partial charge < -0.3 is 29.2 Å². The number of likely N-dealkylation sites (tertiary alicyclic amines) is 2. The average molecular weight is 761 g/mol. The molecular formula is C42H48N8O6. The summed E-state index contributed by atoms with van der Waals surface area (Å²) in [6.07, 6.45) is 4.25. The number of hydrogen-bond acceptors (Lipinski definition) is 8. The first kappa shape index (κ1) is 37.1. The monoisotopic (exact) mass is 760 g/mol. The molecule has 0 spiro atoms. The highest BCUT2D eigenvalue weighted by Crippen LogP contribution is 2.35. The zero-order valence-corrected chi connectivity index (χ0v) is 32.3. The van der Waals surface area contributed by atoms with Gasteiger partial charge in [0.15, 0.2) is 0 Å². The van der Waals surface area contributed by atoms with Crippen LogP contribution in [0.3, 0.4) is 0 Å². The number of cyclic esters (lactones) is 2. The van der Waals surface area contributed by atoms with Gasteiger partial charge in [-0.1, -0.05) is 51.7 Å². The fourth-order valence-corrected chi connectivity index (χ4v) is 8.64. The first-order valence-electron chi connectivity index (χ1n) is 19.7. The van der Waals surface area contributed by atoms with Crippen LogP contribution in [-0.2, 0) is 19.1 Å². The number of nitrogens with one attached hydrogen (secondary N) is 2. The van der Waals surface area contributed by atoms with Gasteiger partial charge in [0.05, 0.1) is 48.1 Å². The molecule has 4 aliphatic heterocycles. The minimum atomic E-state index is -0.573. The Morgan fingerprint density at radius 3 is 1.84 bits per heavy atom. The number of rotatable bonds is 9. The molecule has 4 aromatic rings. The molecule has 6 heterocycles. The third kappa shape index (κ3) is 7.06. The summed E-state index contributed by atoms with van der Waals surface area (Å²) >= 11 is 0. The number of nitrogens with zero attached hydrogens (tertiary/aromatic N) is 6. The SMILES string of the molecule is CC(C)[C@@H](C(=O)N1CCC[C@H]1c1ncc(-c2ccc(C#Cc3ccc4nc([C@@H]5CCCN5C(=O)[C@H](C(C)C)N5CCOC5=O)[nH]c4c3)cc2)[nH]1)N1CCOC1=O. The summed E-state index contributed by atoms with van der Waals surface area (Å²) in [7, 11) is 0. The number of aromatic nitrogens is 4. The van der Waals surface area contributed by atoms with Crippen LogP contribution in [0.5, 0.6) is 0 Å². The number of benzene rings is 2. The summed E-state index contributed by atoms with van der Waals surface area (Å²) in [5.41, 5.74) is 5.14. The number of fused-ring (bicyclic) bond motifs is 1. The van der Waals surface area contributed by atoms with Crippen molar-refractivity contribution in [2.75, 3.05) is 39.4 Å². The van der Waals surface area contributed by atoms with Gasteiger partial charge >= 0.3 is 12.2 Å². The molecule has 0 unspecified atom stereocenters. The van der Waals surface area contributed by atoms with Crippen LogP contribution in [0.2, 0.25) is 0 Å². The summed E-state index contributed by atoms with van der Waals surface area (Å²) in [5.74, 6) is 7.78. The molecule has 4 saturated heterocycles. The average Bonchev–Trinajstić information content (AvgIpc) is 4.03. The van der Waals surface area contributed by atoms with E-state index in [9.17, 15) is 19.2 Å². The van der Waals surface area contributed by atoms with Crippen molar-refractivity contribution < 1.29 is 28.7 Å². The molecule has 2 N–H and O–H groups in total. The lowest BCUT2D eigenvalue weighted by atomic mass is 10.0. The Bertz CT molecular complexity index is 2200. The van der Waals surface area contributed by atoms with E-state index >= 15 is 0 Å². The third-order valence-corrected chi connectivity index (χ3v) is 11.4. The van der Waals surface area contributed by atoms with E-state index in [4.69, 9.17) is 19.4 Å². The van der Waals surface area contributed by atoms with E-state index in [0.717, 1.165) is 70.7 Å². The van der Waals surface area contributed by atoms with Gasteiger partial charge in [-0.25, -0.2) is 19.6 Å². The second-order valence-corrected chi connectivity index (χ2v) is 15.7. The Balaban J connectivity index is 0.935. The number of amides is 4. The number of hydrogen-bond donors (Lipinski definition) is 2. The highest BCUT2D eigenvalue weighted by molar-refractivity contribution is 5.88. The second-order valence-electron chi connectivity index (χ2n) is 15.7. The standard InChI is InChI=1S/C42H48N8O6/c1-25(2)35(49-19-21-55-41(49)53)39(51)47-17-5-7-33(47)37-43-24-32(46-37)29-14-11-27(12-15-29)9-10-28-13-16-30-31(23-28)45-38(44-30)34-8-6-18-48(34)40(52)36(26(3)4)50-20-22-56-42(50)54/h11-16,23-26,33-36H,5-8,17-22H2,1-4H3,(H,43,46)(H,44,45)/t33-,34-,35-,36-/m0/s1. The van der Waals surface area contributed by atoms with Crippen LogP contribution in [0.15, 0.2) is 48.7 Å². The third-order valence-electron chi connectivity index (χ3n) is 11.4. The van der Waals surface area contributed by atoms with Crippen molar-refractivity contribution in [3.8, 4) is 23.1 Å². The molecule has 0 saturated carbocycles. The Hall–Kier alpha value is -5.84. The molecule has 14 nitrogen and oxygen atoms in total. The molecular weight excluding hydrogens is 713 g/mol. The Kier molecular flexibility index (Phi) is 10.2. The summed E-state index contributed by atoms with van der Waals surface area (Å²) in [5, 5.41) is 0. The van der Waals surface area contributed by atoms with E-state index < -0.39 is 24.3 Å². The van der Waals surface area contributed by atoms with Crippen molar-refractivity contribution in [3.05, 3.63) is 71.4 Å². The van der Waals surface area contributed by atoms with E-state index in [1.807, 2.05) is 80.0 Å². The second kappa shape index (κ2) is 15.4. The molecule has 4 atom stereocenters. The van der Waals surface area contributed by atoms with Crippen LogP contribution in [-0.4, -0.2) is 115 Å². The van der Waals surface area contributed by atoms with E-state index in [1.165, 1.54) is 0 Å². The maximum absolute atomic E-state index is 13.9. The van der Waals surface area contributed by atoms with E-state index in [1.54, 1.807) is 16.0 Å². The van der Waals surface area contributed by atoms with Crippen molar-refractivity contribution in [2.24, 2.45) is 11.8 Å². The van der Waals surface area contributed by atoms with Crippen molar-refractivity contribution >= 4 is 35.0 Å². The van der Waals surface area contributed by atoms with Crippen LogP contribution in [0.4, 0.5) is 9.59 Å². The maximum Gasteiger partial charge on any atom is 0.410 e. The molecule has 56 heavy (non-hydrogen) atoms. The summed E-state index contributed by atoms with van der Waals surface area (Å²) in [6, 6.07) is 12.3. The zero-order chi connectivity index (χ0) is 39.1. The Labute approximate surface area is 325 Å². The van der Waals surface area contributed by atoms with Gasteiger partial charge in [-0.15, -0.1) is 0 Å². The number of carbonyl (C=O) groups is 4. The van der Waals surface area contributed by atoms with Gasteiger partial charge in [0.1, 0.15) is 36.9 Å². The molecule has 2 aromatic carbocycles. The fourth-order valence-electron chi connectivity index (χ4n) is 8.64. The van der Waals surface area contributed by atoms with Crippen LogP contribution in [0, 0.1) is 23.7 Å². The number of carbonyl (C=O) groups excluding carboxylic acids is 4. The van der Waals surface area contributed by atoms with Gasteiger partial charge in [-0.3, -0.25) is 19.4 Å². The van der Waals surface area contributed by atoms with Gasteiger partial charge in [0, 0.05) is 24.2 Å². The fraction of sp³-hybridized carbons (Fsp3) is 0.476. The van der Waals surface area contributed by atoms with Crippen LogP contribution in [0.25, 0.3) is 22.3 Å². The number of imidazole rings is 2. The predicted molar refractivity (Wildman–Crippen MR) is 207 cm³/mol. The normalized spacial score (nSPS) is 20.9. The van der Waals surface area contributed by atoms with Crippen molar-refractivity contribution in [1.82, 2.24) is 39.5 Å². The molecule has 4 amide bonds. The number of aromatic amines is 2. The highest BCUT2D eigenvalue weighted by Gasteiger charge is 2.44. The van der Waals surface area contributed by atoms with E-state index in [-0.39, 0.29) is 35.7 Å². The lowest BCUT2D eigenvalue weighted by Crippen LogP contribution is -2.51. The van der Waals surface area contributed by atoms with Crippen molar-refractivity contribution in [3.63, 3.8) is 0 Å². The predicted octanol–water partition coefficient (Wildman–Crippen LogP) is 5.63. The van der Waals surface area contributed by atoms with Gasteiger partial charge in [0.25, 0.3) is 0 Å². The minimum Gasteiger partial charge on any atom is -0.448 e. The van der Waals surface area contributed by atoms with Crippen molar-refractivity contribution in [1.29, 1.82) is 0 Å². The van der Waals surface area contributed by atoms with Crippen molar-refractivity contribution in [2.45, 2.75) is 77.5 Å². The van der Waals surface area contributed by atoms with Crippen LogP contribution in [0.1, 0.15) is 88.2 Å². The quantitative estimate of drug-likeness (QED) is 0.208. The first-order valence-corrected chi connectivity index (χ1v) is 19.7. The van der Waals surface area contributed by atoms with Gasteiger partial charge in [0.2, 0.25) is 11.8 Å². The molecule has 14 heteroatoms. The molecule has 4 fully saturated rings. The van der Waals surface area contributed by atoms with Crippen LogP contribution >= 0.6 is 0 Å². The largest absolute Gasteiger partial charge is 0.448 e. The molecule has 0 aliphatic carbocycles. The van der Waals surface area contributed by atoms with Gasteiger partial charge in [-0.05, 0) is 73.4 Å². The Morgan fingerprint density at radius 2 is 1.29 bits per heavy atom. The lowest BCUT2D eigenvalue weighted by Gasteiger charge is -2.33. The first-order chi connectivity index (χ1) is 27.1. The van der Waals surface area contributed by atoms with Gasteiger partial charge in [-0.2, -0.15) is 0 Å². The molecule has 2 aromatic heterocycles. The molecule has 0 bridgehead atoms. The lowest BCUT2D eigenvalue weighted by molar-refractivity contribution is -0.139. The molecule has 4 aliphatic rings. The molecule has 8 rings (SSSR count). The topological polar surface area (TPSA) is 157 Å². The zero-order valence-electron chi connectivity index (χ0n) is 32.3. The van der Waals surface area contributed by atoms with Crippen LogP contribution < -0.4 is 0 Å². The summed E-state index contributed by atoms with van der Waals surface area (Å²) in [6.45, 7) is 10.5.